The Labute approximate surface area is 94.4 Å². The normalized spacial score (nSPS) is 16.1. The average molecular weight is 228 g/mol. The molecule has 1 fully saturated rings. The zero-order valence-electron chi connectivity index (χ0n) is 8.98. The van der Waals surface area contributed by atoms with Crippen LogP contribution in [-0.4, -0.2) is 0 Å². The molecule has 1 aromatic rings. The number of nitrogens with two attached hydrogens (primary N) is 1. The highest BCUT2D eigenvalue weighted by Crippen LogP contribution is 2.48. The molecule has 0 aliphatic heterocycles. The lowest BCUT2D eigenvalue weighted by Gasteiger charge is -2.16. The van der Waals surface area contributed by atoms with E-state index in [0.717, 1.165) is 24.0 Å². The number of anilines is 1. The van der Waals surface area contributed by atoms with Gasteiger partial charge in [0.25, 0.3) is 0 Å². The van der Waals surface area contributed by atoms with Crippen LogP contribution in [-0.2, 0) is 0 Å². The van der Waals surface area contributed by atoms with Crippen LogP contribution in [0.4, 0.5) is 10.1 Å². The molecule has 0 bridgehead atoms. The minimum atomic E-state index is -0.456. The van der Waals surface area contributed by atoms with Gasteiger partial charge in [-0.1, -0.05) is 25.4 Å². The molecule has 15 heavy (non-hydrogen) atoms. The average Bonchev–Trinajstić information content (AvgIpc) is 2.97. The third kappa shape index (κ3) is 1.83. The summed E-state index contributed by atoms with van der Waals surface area (Å²) in [6.07, 6.45) is 2.23. The van der Waals surface area contributed by atoms with Crippen molar-refractivity contribution in [3.8, 4) is 0 Å². The van der Waals surface area contributed by atoms with E-state index in [1.165, 1.54) is 0 Å². The van der Waals surface area contributed by atoms with Crippen molar-refractivity contribution in [3.05, 3.63) is 28.0 Å². The van der Waals surface area contributed by atoms with Gasteiger partial charge < -0.3 is 5.73 Å². The summed E-state index contributed by atoms with van der Waals surface area (Å²) < 4.78 is 13.6. The quantitative estimate of drug-likeness (QED) is 0.758. The van der Waals surface area contributed by atoms with Gasteiger partial charge in [-0.3, -0.25) is 0 Å². The Hall–Kier alpha value is -0.760. The van der Waals surface area contributed by atoms with Crippen LogP contribution in [0.2, 0.25) is 5.02 Å². The third-order valence-corrected chi connectivity index (χ3v) is 3.28. The van der Waals surface area contributed by atoms with Crippen molar-refractivity contribution < 1.29 is 4.39 Å². The second kappa shape index (κ2) is 3.67. The Morgan fingerprint density at radius 1 is 1.47 bits per heavy atom. The molecule has 0 aromatic heterocycles. The molecule has 0 atom stereocenters. The van der Waals surface area contributed by atoms with Crippen LogP contribution >= 0.6 is 11.6 Å². The molecule has 1 nitrogen and oxygen atoms in total. The molecular formula is C12H15ClFN. The van der Waals surface area contributed by atoms with Gasteiger partial charge in [0.1, 0.15) is 0 Å². The van der Waals surface area contributed by atoms with Crippen LogP contribution in [0.1, 0.15) is 49.7 Å². The SMILES string of the molecule is CC(C)c1cc(N)c(F)c(Cl)c1C1CC1. The topological polar surface area (TPSA) is 26.0 Å². The molecule has 1 aromatic carbocycles. The second-order valence-electron chi connectivity index (χ2n) is 4.53. The van der Waals surface area contributed by atoms with Crippen molar-refractivity contribution in [3.63, 3.8) is 0 Å². The molecule has 0 heterocycles. The fourth-order valence-electron chi connectivity index (χ4n) is 1.94. The van der Waals surface area contributed by atoms with Crippen LogP contribution in [0, 0.1) is 5.82 Å². The second-order valence-corrected chi connectivity index (χ2v) is 4.90. The van der Waals surface area contributed by atoms with Gasteiger partial charge in [-0.2, -0.15) is 0 Å². The molecule has 2 rings (SSSR count). The van der Waals surface area contributed by atoms with E-state index >= 15 is 0 Å². The van der Waals surface area contributed by atoms with E-state index in [4.69, 9.17) is 17.3 Å². The maximum absolute atomic E-state index is 13.6. The van der Waals surface area contributed by atoms with Gasteiger partial charge in [-0.15, -0.1) is 0 Å². The van der Waals surface area contributed by atoms with E-state index in [2.05, 4.69) is 13.8 Å². The van der Waals surface area contributed by atoms with Gasteiger partial charge >= 0.3 is 0 Å². The van der Waals surface area contributed by atoms with Crippen molar-refractivity contribution in [2.75, 3.05) is 5.73 Å². The number of halogens is 2. The summed E-state index contributed by atoms with van der Waals surface area (Å²) in [5.41, 5.74) is 7.83. The standard InChI is InChI=1S/C12H15ClFN/c1-6(2)8-5-9(15)12(14)11(13)10(8)7-3-4-7/h5-7H,3-4,15H2,1-2H3. The Balaban J connectivity index is 2.61. The van der Waals surface area contributed by atoms with Gasteiger partial charge in [0.15, 0.2) is 5.82 Å². The van der Waals surface area contributed by atoms with Crippen LogP contribution in [0.25, 0.3) is 0 Å². The summed E-state index contributed by atoms with van der Waals surface area (Å²) in [4.78, 5) is 0. The van der Waals surface area contributed by atoms with Crippen molar-refractivity contribution in [2.24, 2.45) is 0 Å². The van der Waals surface area contributed by atoms with Gasteiger partial charge in [0.2, 0.25) is 0 Å². The molecule has 0 saturated heterocycles. The van der Waals surface area contributed by atoms with Crippen molar-refractivity contribution in [1.82, 2.24) is 0 Å². The van der Waals surface area contributed by atoms with E-state index < -0.39 is 5.82 Å². The number of hydrogen-bond donors (Lipinski definition) is 1. The van der Waals surface area contributed by atoms with Gasteiger partial charge in [-0.25, -0.2) is 4.39 Å². The lowest BCUT2D eigenvalue weighted by molar-refractivity contribution is 0.628. The van der Waals surface area contributed by atoms with Crippen molar-refractivity contribution in [1.29, 1.82) is 0 Å². The first-order valence-electron chi connectivity index (χ1n) is 5.29. The maximum atomic E-state index is 13.6. The summed E-state index contributed by atoms with van der Waals surface area (Å²) >= 11 is 6.03. The lowest BCUT2D eigenvalue weighted by atomic mass is 9.93. The minimum absolute atomic E-state index is 0.160. The molecule has 0 radical (unpaired) electrons. The van der Waals surface area contributed by atoms with Crippen molar-refractivity contribution in [2.45, 2.75) is 38.5 Å². The first kappa shape index (κ1) is 10.7. The fraction of sp³-hybridized carbons (Fsp3) is 0.500. The largest absolute Gasteiger partial charge is 0.396 e. The lowest BCUT2D eigenvalue weighted by Crippen LogP contribution is -2.02. The Kier molecular flexibility index (Phi) is 2.63. The molecule has 1 aliphatic carbocycles. The summed E-state index contributed by atoms with van der Waals surface area (Å²) in [5.74, 6) is 0.328. The number of hydrogen-bond acceptors (Lipinski definition) is 1. The molecule has 0 spiro atoms. The Morgan fingerprint density at radius 3 is 2.53 bits per heavy atom. The Bertz CT molecular complexity index is 397. The van der Waals surface area contributed by atoms with Crippen LogP contribution in [0.3, 0.4) is 0 Å². The minimum Gasteiger partial charge on any atom is -0.396 e. The molecule has 2 N–H and O–H groups in total. The zero-order chi connectivity index (χ0) is 11.2. The summed E-state index contributed by atoms with van der Waals surface area (Å²) in [7, 11) is 0. The van der Waals surface area contributed by atoms with Gasteiger partial charge in [0, 0.05) is 0 Å². The van der Waals surface area contributed by atoms with Crippen molar-refractivity contribution >= 4 is 17.3 Å². The van der Waals surface area contributed by atoms with E-state index in [9.17, 15) is 4.39 Å². The predicted molar refractivity (Wildman–Crippen MR) is 61.9 cm³/mol. The summed E-state index contributed by atoms with van der Waals surface area (Å²) in [5, 5.41) is 0.237. The van der Waals surface area contributed by atoms with E-state index in [-0.39, 0.29) is 10.7 Å². The van der Waals surface area contributed by atoms with E-state index in [1.807, 2.05) is 0 Å². The molecule has 0 amide bonds. The van der Waals surface area contributed by atoms with Gasteiger partial charge in [0.05, 0.1) is 10.7 Å². The molecular weight excluding hydrogens is 213 g/mol. The number of nitrogen functional groups attached to an aromatic ring is 1. The van der Waals surface area contributed by atoms with Crippen LogP contribution in [0.5, 0.6) is 0 Å². The molecule has 1 aliphatic rings. The smallest absolute Gasteiger partial charge is 0.164 e. The predicted octanol–water partition coefficient (Wildman–Crippen LogP) is 4.06. The third-order valence-electron chi connectivity index (χ3n) is 2.91. The summed E-state index contributed by atoms with van der Waals surface area (Å²) in [6, 6.07) is 1.74. The Morgan fingerprint density at radius 2 is 2.07 bits per heavy atom. The highest BCUT2D eigenvalue weighted by Gasteiger charge is 2.31. The highest BCUT2D eigenvalue weighted by molar-refractivity contribution is 6.32. The molecule has 1 saturated carbocycles. The monoisotopic (exact) mass is 227 g/mol. The highest BCUT2D eigenvalue weighted by atomic mass is 35.5. The van der Waals surface area contributed by atoms with Crippen LogP contribution < -0.4 is 5.73 Å². The zero-order valence-corrected chi connectivity index (χ0v) is 9.74. The molecule has 3 heteroatoms. The first-order valence-corrected chi connectivity index (χ1v) is 5.67. The first-order chi connectivity index (χ1) is 7.02. The fourth-order valence-corrected chi connectivity index (χ4v) is 2.32. The van der Waals surface area contributed by atoms with Crippen LogP contribution in [0.15, 0.2) is 6.07 Å². The summed E-state index contributed by atoms with van der Waals surface area (Å²) in [6.45, 7) is 4.16. The van der Waals surface area contributed by atoms with Gasteiger partial charge in [-0.05, 0) is 41.9 Å². The van der Waals surface area contributed by atoms with E-state index in [1.54, 1.807) is 6.07 Å². The van der Waals surface area contributed by atoms with E-state index in [0.29, 0.717) is 11.8 Å². The molecule has 0 unspecified atom stereocenters. The molecule has 82 valence electrons. The number of benzene rings is 1. The maximum Gasteiger partial charge on any atom is 0.164 e. The number of rotatable bonds is 2.